The predicted molar refractivity (Wildman–Crippen MR) is 173 cm³/mol. The molecule has 3 fully saturated rings. The van der Waals surface area contributed by atoms with Crippen LogP contribution in [0.3, 0.4) is 0 Å². The average Bonchev–Trinajstić information content (AvgIpc) is 3.83. The van der Waals surface area contributed by atoms with Gasteiger partial charge in [0, 0.05) is 0 Å². The van der Waals surface area contributed by atoms with Gasteiger partial charge in [0.15, 0.2) is 0 Å². The van der Waals surface area contributed by atoms with Crippen LogP contribution in [0.2, 0.25) is 0 Å². The summed E-state index contributed by atoms with van der Waals surface area (Å²) < 4.78 is 0. The molecule has 6 heteroatoms. The van der Waals surface area contributed by atoms with E-state index in [1.165, 1.54) is 47.1 Å². The SMILES string of the molecule is CC1CNC(c2ncc(-c3ccc(-c4ccc(-c5ccc6nc(C7CC(C)CN7)[nH]c6c5)c5c4C4CCC4C5)cc3)[nH]2)C1. The average molecular weight is 569 g/mol. The van der Waals surface area contributed by atoms with Crippen LogP contribution in [0.4, 0.5) is 0 Å². The standard InChI is InChI=1S/C37H40N6/c1-20-13-32(38-17-20)36-40-19-34(43-36)23-5-3-22(4-6-23)27-11-10-26(29-15-24-7-9-28(24)35(27)29)25-8-12-30-31(16-25)42-37(41-30)33-14-21(2)18-39-33/h3-6,8,10-12,16,19-21,24,28,32-33,38-39H,7,9,13-15,17-18H2,1-2H3,(H,40,43)(H,41,42). The zero-order chi connectivity index (χ0) is 28.7. The lowest BCUT2D eigenvalue weighted by molar-refractivity contribution is 0.281. The Balaban J connectivity index is 1.04. The van der Waals surface area contributed by atoms with Gasteiger partial charge < -0.3 is 20.6 Å². The van der Waals surface area contributed by atoms with E-state index in [1.807, 2.05) is 6.20 Å². The number of aromatic nitrogens is 4. The number of hydrogen-bond donors (Lipinski definition) is 4. The molecule has 4 heterocycles. The number of H-pyrrole nitrogens is 2. The number of hydrogen-bond acceptors (Lipinski definition) is 4. The largest absolute Gasteiger partial charge is 0.341 e. The van der Waals surface area contributed by atoms with Crippen molar-refractivity contribution in [3.8, 4) is 33.5 Å². The molecular formula is C37H40N6. The summed E-state index contributed by atoms with van der Waals surface area (Å²) in [5.74, 6) is 5.02. The molecule has 4 aliphatic rings. The lowest BCUT2D eigenvalue weighted by Gasteiger charge is -2.31. The molecule has 6 atom stereocenters. The number of benzene rings is 3. The van der Waals surface area contributed by atoms with Crippen LogP contribution < -0.4 is 10.6 Å². The van der Waals surface area contributed by atoms with Crippen molar-refractivity contribution in [3.05, 3.63) is 83.6 Å². The van der Waals surface area contributed by atoms with Gasteiger partial charge in [-0.25, -0.2) is 9.97 Å². The minimum Gasteiger partial charge on any atom is -0.341 e. The Bertz CT molecular complexity index is 1830. The zero-order valence-electron chi connectivity index (χ0n) is 25.1. The maximum atomic E-state index is 4.95. The molecule has 0 radical (unpaired) electrons. The molecule has 3 aromatic carbocycles. The predicted octanol–water partition coefficient (Wildman–Crippen LogP) is 7.68. The van der Waals surface area contributed by atoms with E-state index in [-0.39, 0.29) is 0 Å². The van der Waals surface area contributed by atoms with Gasteiger partial charge in [-0.05, 0) is 120 Å². The topological polar surface area (TPSA) is 81.4 Å². The van der Waals surface area contributed by atoms with Crippen LogP contribution in [0.25, 0.3) is 44.5 Å². The number of rotatable bonds is 5. The minimum atomic E-state index is 0.333. The summed E-state index contributed by atoms with van der Waals surface area (Å²) in [6.45, 7) is 6.74. The van der Waals surface area contributed by atoms with Crippen molar-refractivity contribution in [1.29, 1.82) is 0 Å². The van der Waals surface area contributed by atoms with Gasteiger partial charge in [-0.3, -0.25) is 0 Å². The second-order valence-corrected chi connectivity index (χ2v) is 13.9. The third kappa shape index (κ3) is 4.29. The molecule has 2 aliphatic heterocycles. The maximum absolute atomic E-state index is 4.95. The Morgan fingerprint density at radius 1 is 0.721 bits per heavy atom. The molecule has 6 nitrogen and oxygen atoms in total. The van der Waals surface area contributed by atoms with E-state index < -0.39 is 0 Å². The minimum absolute atomic E-state index is 0.333. The van der Waals surface area contributed by atoms with Gasteiger partial charge in [0.05, 0.1) is 35.0 Å². The lowest BCUT2D eigenvalue weighted by Crippen LogP contribution is -2.19. The van der Waals surface area contributed by atoms with E-state index >= 15 is 0 Å². The second-order valence-electron chi connectivity index (χ2n) is 13.9. The molecule has 6 unspecified atom stereocenters. The van der Waals surface area contributed by atoms with Crippen LogP contribution in [0, 0.1) is 17.8 Å². The van der Waals surface area contributed by atoms with Crippen LogP contribution in [-0.4, -0.2) is 33.0 Å². The molecule has 0 spiro atoms. The Morgan fingerprint density at radius 3 is 2.16 bits per heavy atom. The zero-order valence-corrected chi connectivity index (χ0v) is 25.1. The first kappa shape index (κ1) is 25.7. The van der Waals surface area contributed by atoms with Crippen LogP contribution in [0.1, 0.15) is 80.3 Å². The van der Waals surface area contributed by atoms with E-state index in [4.69, 9.17) is 9.97 Å². The Labute approximate surface area is 253 Å². The van der Waals surface area contributed by atoms with Crippen molar-refractivity contribution in [2.75, 3.05) is 13.1 Å². The monoisotopic (exact) mass is 568 g/mol. The molecule has 5 aromatic rings. The third-order valence-corrected chi connectivity index (χ3v) is 10.9. The van der Waals surface area contributed by atoms with Crippen molar-refractivity contribution >= 4 is 11.0 Å². The van der Waals surface area contributed by atoms with Crippen molar-refractivity contribution in [2.45, 2.75) is 64.0 Å². The summed E-state index contributed by atoms with van der Waals surface area (Å²) >= 11 is 0. The van der Waals surface area contributed by atoms with E-state index in [2.05, 4.69) is 89.0 Å². The van der Waals surface area contributed by atoms with Crippen molar-refractivity contribution in [2.24, 2.45) is 17.8 Å². The Morgan fingerprint density at radius 2 is 1.44 bits per heavy atom. The van der Waals surface area contributed by atoms with Gasteiger partial charge >= 0.3 is 0 Å². The summed E-state index contributed by atoms with van der Waals surface area (Å²) in [7, 11) is 0. The van der Waals surface area contributed by atoms with Gasteiger partial charge in [0.25, 0.3) is 0 Å². The molecule has 2 aliphatic carbocycles. The first-order valence-corrected chi connectivity index (χ1v) is 16.4. The van der Waals surface area contributed by atoms with Crippen LogP contribution in [0.15, 0.2) is 60.8 Å². The van der Waals surface area contributed by atoms with E-state index in [0.29, 0.717) is 29.8 Å². The number of imidazole rings is 2. The smallest absolute Gasteiger partial charge is 0.124 e. The number of aromatic amines is 2. The van der Waals surface area contributed by atoms with Crippen LogP contribution in [0.5, 0.6) is 0 Å². The summed E-state index contributed by atoms with van der Waals surface area (Å²) in [5.41, 5.74) is 13.1. The van der Waals surface area contributed by atoms with Gasteiger partial charge in [-0.15, -0.1) is 0 Å². The number of nitrogens with zero attached hydrogens (tertiary/aromatic N) is 2. The first-order valence-electron chi connectivity index (χ1n) is 16.4. The summed E-state index contributed by atoms with van der Waals surface area (Å²) in [6.07, 6.45) is 8.14. The van der Waals surface area contributed by atoms with E-state index in [0.717, 1.165) is 60.2 Å². The molecule has 9 rings (SSSR count). The van der Waals surface area contributed by atoms with Crippen LogP contribution in [-0.2, 0) is 6.42 Å². The summed E-state index contributed by atoms with van der Waals surface area (Å²) in [4.78, 5) is 16.9. The molecule has 2 aromatic heterocycles. The highest BCUT2D eigenvalue weighted by atomic mass is 15.1. The summed E-state index contributed by atoms with van der Waals surface area (Å²) in [5, 5.41) is 7.22. The molecule has 0 amide bonds. The van der Waals surface area contributed by atoms with Gasteiger partial charge in [-0.1, -0.05) is 56.3 Å². The highest BCUT2D eigenvalue weighted by molar-refractivity contribution is 5.86. The maximum Gasteiger partial charge on any atom is 0.124 e. The van der Waals surface area contributed by atoms with Gasteiger partial charge in [0.2, 0.25) is 0 Å². The number of nitrogens with one attached hydrogen (secondary N) is 4. The highest BCUT2D eigenvalue weighted by Gasteiger charge is 2.42. The summed E-state index contributed by atoms with van der Waals surface area (Å²) in [6, 6.07) is 21.4. The second kappa shape index (κ2) is 9.90. The quantitative estimate of drug-likeness (QED) is 0.175. The molecule has 0 bridgehead atoms. The fourth-order valence-electron chi connectivity index (χ4n) is 8.38. The normalized spacial score (nSPS) is 27.9. The van der Waals surface area contributed by atoms with Crippen molar-refractivity contribution in [3.63, 3.8) is 0 Å². The van der Waals surface area contributed by atoms with Gasteiger partial charge in [0.1, 0.15) is 11.6 Å². The molecule has 218 valence electrons. The molecule has 4 N–H and O–H groups in total. The fraction of sp³-hybridized carbons (Fsp3) is 0.405. The fourth-order valence-corrected chi connectivity index (χ4v) is 8.38. The van der Waals surface area contributed by atoms with Crippen LogP contribution >= 0.6 is 0 Å². The Kier molecular flexibility index (Phi) is 5.92. The molecular weight excluding hydrogens is 528 g/mol. The number of fused-ring (bicyclic) bond motifs is 4. The first-order chi connectivity index (χ1) is 21.1. The van der Waals surface area contributed by atoms with Crippen molar-refractivity contribution in [1.82, 2.24) is 30.6 Å². The Hall–Kier alpha value is -3.74. The third-order valence-electron chi connectivity index (χ3n) is 10.9. The lowest BCUT2D eigenvalue weighted by atomic mass is 9.73. The molecule has 43 heavy (non-hydrogen) atoms. The van der Waals surface area contributed by atoms with E-state index in [1.54, 1.807) is 11.1 Å². The molecule has 1 saturated carbocycles. The van der Waals surface area contributed by atoms with Crippen molar-refractivity contribution < 1.29 is 0 Å². The van der Waals surface area contributed by atoms with Gasteiger partial charge in [-0.2, -0.15) is 0 Å². The highest BCUT2D eigenvalue weighted by Crippen LogP contribution is 2.56. The molecule has 2 saturated heterocycles. The van der Waals surface area contributed by atoms with E-state index in [9.17, 15) is 0 Å².